The lowest BCUT2D eigenvalue weighted by molar-refractivity contribution is 0.0198. The lowest BCUT2D eigenvalue weighted by Gasteiger charge is -2.34. The molecule has 26 heavy (non-hydrogen) atoms. The van der Waals surface area contributed by atoms with Crippen LogP contribution in [0.1, 0.15) is 42.5 Å². The van der Waals surface area contributed by atoms with E-state index in [9.17, 15) is 14.7 Å². The van der Waals surface area contributed by atoms with Gasteiger partial charge in [0.25, 0.3) is 5.91 Å². The van der Waals surface area contributed by atoms with E-state index in [1.807, 2.05) is 0 Å². The number of amides is 2. The Morgan fingerprint density at radius 3 is 2.62 bits per heavy atom. The minimum atomic E-state index is -0.409. The lowest BCUT2D eigenvalue weighted by atomic mass is 9.96. The molecule has 2 amide bonds. The number of piperidine rings is 1. The van der Waals surface area contributed by atoms with Crippen molar-refractivity contribution < 1.29 is 19.4 Å². The molecule has 2 bridgehead atoms. The number of halogens is 2. The number of aromatic hydroxyl groups is 1. The molecule has 3 atom stereocenters. The van der Waals surface area contributed by atoms with Crippen molar-refractivity contribution in [1.29, 1.82) is 0 Å². The van der Waals surface area contributed by atoms with Crippen molar-refractivity contribution in [3.05, 3.63) is 27.7 Å². The lowest BCUT2D eigenvalue weighted by Crippen LogP contribution is -2.48. The first-order chi connectivity index (χ1) is 12.4. The molecule has 8 heteroatoms. The van der Waals surface area contributed by atoms with Crippen molar-refractivity contribution in [3.8, 4) is 5.75 Å². The highest BCUT2D eigenvalue weighted by Gasteiger charge is 2.48. The van der Waals surface area contributed by atoms with Gasteiger partial charge in [0, 0.05) is 23.7 Å². The summed E-state index contributed by atoms with van der Waals surface area (Å²) in [7, 11) is 0. The zero-order valence-corrected chi connectivity index (χ0v) is 15.6. The fourth-order valence-corrected chi connectivity index (χ4v) is 4.53. The molecular weight excluding hydrogens is 379 g/mol. The average Bonchev–Trinajstić information content (AvgIpc) is 3.14. The Morgan fingerprint density at radius 1 is 1.23 bits per heavy atom. The monoisotopic (exact) mass is 398 g/mol. The molecule has 3 aliphatic rings. The average molecular weight is 399 g/mol. The molecule has 0 aromatic heterocycles. The number of benzene rings is 1. The maximum absolute atomic E-state index is 12.5. The van der Waals surface area contributed by atoms with E-state index in [1.165, 1.54) is 12.1 Å². The van der Waals surface area contributed by atoms with Crippen molar-refractivity contribution in [2.45, 2.75) is 50.3 Å². The summed E-state index contributed by atoms with van der Waals surface area (Å²) in [6.07, 6.45) is 4.42. The third kappa shape index (κ3) is 3.21. The van der Waals surface area contributed by atoms with Crippen LogP contribution in [0.15, 0.2) is 12.1 Å². The molecule has 1 aliphatic heterocycles. The first-order valence-corrected chi connectivity index (χ1v) is 9.64. The third-order valence-electron chi connectivity index (χ3n) is 5.69. The quantitative estimate of drug-likeness (QED) is 0.815. The predicted molar refractivity (Wildman–Crippen MR) is 96.7 cm³/mol. The van der Waals surface area contributed by atoms with Crippen LogP contribution in [-0.2, 0) is 4.74 Å². The van der Waals surface area contributed by atoms with E-state index in [1.54, 1.807) is 4.90 Å². The second kappa shape index (κ2) is 6.82. The molecule has 0 unspecified atom stereocenters. The van der Waals surface area contributed by atoms with Crippen LogP contribution in [0.25, 0.3) is 0 Å². The van der Waals surface area contributed by atoms with Gasteiger partial charge in [-0.1, -0.05) is 23.2 Å². The van der Waals surface area contributed by atoms with Crippen LogP contribution in [0.3, 0.4) is 0 Å². The van der Waals surface area contributed by atoms with Crippen molar-refractivity contribution in [2.75, 3.05) is 6.54 Å². The molecule has 6 nitrogen and oxygen atoms in total. The van der Waals surface area contributed by atoms with E-state index >= 15 is 0 Å². The summed E-state index contributed by atoms with van der Waals surface area (Å²) < 4.78 is 5.49. The van der Waals surface area contributed by atoms with Gasteiger partial charge in [0.2, 0.25) is 0 Å². The molecule has 0 radical (unpaired) electrons. The molecule has 0 spiro atoms. The zero-order valence-electron chi connectivity index (χ0n) is 14.1. The van der Waals surface area contributed by atoms with E-state index in [0.717, 1.165) is 25.7 Å². The zero-order chi connectivity index (χ0) is 18.4. The van der Waals surface area contributed by atoms with E-state index in [2.05, 4.69) is 5.32 Å². The number of carbonyl (C=O) groups is 2. The summed E-state index contributed by atoms with van der Waals surface area (Å²) in [5, 5.41) is 13.3. The number of phenolic OH excluding ortho intramolecular Hbond substituents is 1. The summed E-state index contributed by atoms with van der Waals surface area (Å²) in [6, 6.07) is 2.83. The predicted octanol–water partition coefficient (Wildman–Crippen LogP) is 3.58. The largest absolute Gasteiger partial charge is 0.506 e. The summed E-state index contributed by atoms with van der Waals surface area (Å²) in [5.74, 6) is -0.495. The molecule has 140 valence electrons. The van der Waals surface area contributed by atoms with Crippen molar-refractivity contribution in [1.82, 2.24) is 10.2 Å². The fourth-order valence-electron chi connectivity index (χ4n) is 4.04. The summed E-state index contributed by atoms with van der Waals surface area (Å²) >= 11 is 11.8. The Morgan fingerprint density at radius 2 is 2.00 bits per heavy atom. The standard InChI is InChI=1S/C18H20Cl2N2O4/c19-10-5-13(16(23)14(20)6-10)17(24)21-15-7-11-4-9(15)8-22(11)18(25)26-12-2-1-3-12/h5-6,9,11-12,15,23H,1-4,7-8H2,(H,21,24)/t9-,11-,15-/m1/s1. The molecule has 3 fully saturated rings. The van der Waals surface area contributed by atoms with Crippen LogP contribution in [-0.4, -0.2) is 46.7 Å². The van der Waals surface area contributed by atoms with Crippen LogP contribution in [0, 0.1) is 5.92 Å². The van der Waals surface area contributed by atoms with Crippen LogP contribution in [0.4, 0.5) is 4.79 Å². The summed E-state index contributed by atoms with van der Waals surface area (Å²) in [4.78, 5) is 26.6. The van der Waals surface area contributed by atoms with Gasteiger partial charge in [0.05, 0.1) is 10.6 Å². The van der Waals surface area contributed by atoms with Gasteiger partial charge < -0.3 is 20.1 Å². The molecule has 1 heterocycles. The fraction of sp³-hybridized carbons (Fsp3) is 0.556. The van der Waals surface area contributed by atoms with Crippen molar-refractivity contribution in [2.24, 2.45) is 5.92 Å². The van der Waals surface area contributed by atoms with Gasteiger partial charge in [-0.2, -0.15) is 0 Å². The highest BCUT2D eigenvalue weighted by molar-refractivity contribution is 6.36. The molecule has 2 saturated carbocycles. The molecule has 4 rings (SSSR count). The number of hydrogen-bond donors (Lipinski definition) is 2. The Hall–Kier alpha value is -1.66. The molecule has 1 saturated heterocycles. The van der Waals surface area contributed by atoms with Crippen LogP contribution in [0.2, 0.25) is 10.0 Å². The smallest absolute Gasteiger partial charge is 0.410 e. The van der Waals surface area contributed by atoms with Crippen molar-refractivity contribution >= 4 is 35.2 Å². The molecule has 2 aliphatic carbocycles. The van der Waals surface area contributed by atoms with Crippen LogP contribution >= 0.6 is 23.2 Å². The van der Waals surface area contributed by atoms with Gasteiger partial charge in [-0.05, 0) is 50.2 Å². The Kier molecular flexibility index (Phi) is 4.65. The van der Waals surface area contributed by atoms with Crippen molar-refractivity contribution in [3.63, 3.8) is 0 Å². The maximum atomic E-state index is 12.5. The van der Waals surface area contributed by atoms with Gasteiger partial charge in [0.15, 0.2) is 0 Å². The first kappa shape index (κ1) is 17.7. The number of carbonyl (C=O) groups excluding carboxylic acids is 2. The van der Waals surface area contributed by atoms with E-state index in [0.29, 0.717) is 13.0 Å². The van der Waals surface area contributed by atoms with E-state index in [-0.39, 0.29) is 51.6 Å². The third-order valence-corrected chi connectivity index (χ3v) is 6.19. The number of nitrogens with zero attached hydrogens (tertiary/aromatic N) is 1. The number of rotatable bonds is 3. The number of ether oxygens (including phenoxy) is 1. The molecule has 1 aromatic carbocycles. The van der Waals surface area contributed by atoms with Gasteiger partial charge in [-0.3, -0.25) is 4.79 Å². The Labute approximate surface area is 161 Å². The van der Waals surface area contributed by atoms with Gasteiger partial charge in [-0.15, -0.1) is 0 Å². The minimum Gasteiger partial charge on any atom is -0.506 e. The minimum absolute atomic E-state index is 0.0421. The van der Waals surface area contributed by atoms with Gasteiger partial charge >= 0.3 is 6.09 Å². The first-order valence-electron chi connectivity index (χ1n) is 8.88. The molecule has 1 aromatic rings. The number of fused-ring (bicyclic) bond motifs is 2. The number of hydrogen-bond acceptors (Lipinski definition) is 4. The normalized spacial score (nSPS) is 27.3. The summed E-state index contributed by atoms with van der Waals surface area (Å²) in [5.41, 5.74) is 0.0616. The second-order valence-corrected chi connectivity index (χ2v) is 8.18. The van der Waals surface area contributed by atoms with E-state index < -0.39 is 5.91 Å². The van der Waals surface area contributed by atoms with Gasteiger partial charge in [-0.25, -0.2) is 4.79 Å². The Bertz CT molecular complexity index is 753. The highest BCUT2D eigenvalue weighted by atomic mass is 35.5. The van der Waals surface area contributed by atoms with E-state index in [4.69, 9.17) is 27.9 Å². The van der Waals surface area contributed by atoms with Gasteiger partial charge in [0.1, 0.15) is 11.9 Å². The summed E-state index contributed by atoms with van der Waals surface area (Å²) in [6.45, 7) is 0.587. The van der Waals surface area contributed by atoms with Crippen LogP contribution in [0.5, 0.6) is 5.75 Å². The molecule has 2 N–H and O–H groups in total. The molecular formula is C18H20Cl2N2O4. The Balaban J connectivity index is 1.37. The number of likely N-dealkylation sites (tertiary alicyclic amines) is 1. The SMILES string of the molecule is O=C(N[C@@H]1C[C@H]2C[C@@H]1CN2C(=O)OC1CCC1)c1cc(Cl)cc(Cl)c1O. The number of nitrogens with one attached hydrogen (secondary N) is 1. The highest BCUT2D eigenvalue weighted by Crippen LogP contribution is 2.39. The van der Waals surface area contributed by atoms with Crippen LogP contribution < -0.4 is 5.32 Å². The second-order valence-electron chi connectivity index (χ2n) is 7.34. The number of phenols is 1. The maximum Gasteiger partial charge on any atom is 0.410 e. The topological polar surface area (TPSA) is 78.9 Å².